The van der Waals surface area contributed by atoms with Gasteiger partial charge >= 0.3 is 0 Å². The molecule has 0 spiro atoms. The lowest BCUT2D eigenvalue weighted by molar-refractivity contribution is 1.26. The van der Waals surface area contributed by atoms with Crippen LogP contribution in [-0.2, 0) is 0 Å². The average Bonchev–Trinajstić information content (AvgIpc) is 2.06. The largest absolute Gasteiger partial charge is 0.388 e. The summed E-state index contributed by atoms with van der Waals surface area (Å²) in [5.74, 6) is 5.03. The number of anilines is 1. The summed E-state index contributed by atoms with van der Waals surface area (Å²) in [7, 11) is 1.86. The summed E-state index contributed by atoms with van der Waals surface area (Å²) >= 11 is 0. The van der Waals surface area contributed by atoms with Crippen molar-refractivity contribution in [2.24, 2.45) is 10.9 Å². The van der Waals surface area contributed by atoms with Gasteiger partial charge in [-0.1, -0.05) is 18.2 Å². The van der Waals surface area contributed by atoms with E-state index < -0.39 is 0 Å². The summed E-state index contributed by atoms with van der Waals surface area (Å²) in [5.41, 5.74) is 2.03. The highest BCUT2D eigenvalue weighted by molar-refractivity contribution is 5.87. The molecule has 0 heterocycles. The van der Waals surface area contributed by atoms with Gasteiger partial charge in [-0.3, -0.25) is 0 Å². The van der Waals surface area contributed by atoms with Crippen molar-refractivity contribution >= 4 is 11.9 Å². The van der Waals surface area contributed by atoms with E-state index in [0.29, 0.717) is 0 Å². The van der Waals surface area contributed by atoms with Gasteiger partial charge in [-0.25, -0.2) is 0 Å². The van der Waals surface area contributed by atoms with E-state index in [1.807, 2.05) is 31.3 Å². The molecular formula is C8H11N3. The quantitative estimate of drug-likeness (QED) is 0.374. The van der Waals surface area contributed by atoms with Gasteiger partial charge in [0.1, 0.15) is 0 Å². The molecule has 3 N–H and O–H groups in total. The van der Waals surface area contributed by atoms with Crippen LogP contribution < -0.4 is 11.2 Å². The van der Waals surface area contributed by atoms with Crippen molar-refractivity contribution in [1.82, 2.24) is 0 Å². The molecule has 3 nitrogen and oxygen atoms in total. The number of nitrogens with two attached hydrogens (primary N) is 1. The number of rotatable bonds is 2. The van der Waals surface area contributed by atoms with Gasteiger partial charge in [-0.05, 0) is 6.07 Å². The Kier molecular flexibility index (Phi) is 2.49. The second kappa shape index (κ2) is 3.61. The molecule has 0 radical (unpaired) electrons. The average molecular weight is 149 g/mol. The van der Waals surface area contributed by atoms with Crippen molar-refractivity contribution in [3.63, 3.8) is 0 Å². The molecule has 1 rings (SSSR count). The molecule has 0 fully saturated rings. The van der Waals surface area contributed by atoms with Gasteiger partial charge in [0.25, 0.3) is 0 Å². The summed E-state index contributed by atoms with van der Waals surface area (Å²) in [6.07, 6.45) is 1.62. The van der Waals surface area contributed by atoms with Crippen LogP contribution in [0.1, 0.15) is 5.56 Å². The van der Waals surface area contributed by atoms with Crippen LogP contribution >= 0.6 is 0 Å². The Morgan fingerprint density at radius 1 is 1.45 bits per heavy atom. The third-order valence-corrected chi connectivity index (χ3v) is 1.44. The fourth-order valence-corrected chi connectivity index (χ4v) is 0.918. The summed E-state index contributed by atoms with van der Waals surface area (Å²) in [5, 5.41) is 6.48. The first kappa shape index (κ1) is 7.60. The molecule has 0 aromatic heterocycles. The summed E-state index contributed by atoms with van der Waals surface area (Å²) in [4.78, 5) is 0. The Labute approximate surface area is 65.9 Å². The number of hydrogen-bond donors (Lipinski definition) is 2. The van der Waals surface area contributed by atoms with Crippen molar-refractivity contribution in [1.29, 1.82) is 0 Å². The van der Waals surface area contributed by atoms with Crippen LogP contribution in [0.4, 0.5) is 5.69 Å². The minimum absolute atomic E-state index is 0.998. The number of nitrogens with zero attached hydrogens (tertiary/aromatic N) is 1. The van der Waals surface area contributed by atoms with Gasteiger partial charge in [0, 0.05) is 18.3 Å². The van der Waals surface area contributed by atoms with Gasteiger partial charge in [0.15, 0.2) is 0 Å². The van der Waals surface area contributed by atoms with E-state index in [4.69, 9.17) is 5.84 Å². The number of hydrogen-bond acceptors (Lipinski definition) is 3. The topological polar surface area (TPSA) is 50.4 Å². The Morgan fingerprint density at radius 3 is 2.82 bits per heavy atom. The first-order chi connectivity index (χ1) is 5.38. The Bertz CT molecular complexity index is 255. The molecule has 0 aliphatic heterocycles. The number of benzene rings is 1. The van der Waals surface area contributed by atoms with Crippen molar-refractivity contribution in [2.75, 3.05) is 12.4 Å². The molecule has 0 saturated heterocycles. The first-order valence-corrected chi connectivity index (χ1v) is 3.38. The number of nitrogens with one attached hydrogen (secondary N) is 1. The molecule has 58 valence electrons. The zero-order chi connectivity index (χ0) is 8.10. The van der Waals surface area contributed by atoms with Gasteiger partial charge in [-0.2, -0.15) is 5.10 Å². The molecule has 11 heavy (non-hydrogen) atoms. The zero-order valence-electron chi connectivity index (χ0n) is 6.41. The molecule has 0 aliphatic carbocycles. The number of hydrazone groups is 1. The van der Waals surface area contributed by atoms with E-state index in [0.717, 1.165) is 11.3 Å². The van der Waals surface area contributed by atoms with Crippen LogP contribution in [0.3, 0.4) is 0 Å². The molecule has 0 saturated carbocycles. The van der Waals surface area contributed by atoms with Crippen molar-refractivity contribution < 1.29 is 0 Å². The SMILES string of the molecule is CNc1ccccc1/C=N\N. The smallest absolute Gasteiger partial charge is 0.0558 e. The van der Waals surface area contributed by atoms with E-state index in [-0.39, 0.29) is 0 Å². The minimum atomic E-state index is 0.998. The molecule has 0 unspecified atom stereocenters. The van der Waals surface area contributed by atoms with E-state index >= 15 is 0 Å². The van der Waals surface area contributed by atoms with E-state index in [2.05, 4.69) is 10.4 Å². The van der Waals surface area contributed by atoms with Crippen LogP contribution in [0, 0.1) is 0 Å². The monoisotopic (exact) mass is 149 g/mol. The predicted molar refractivity (Wildman–Crippen MR) is 47.8 cm³/mol. The highest BCUT2D eigenvalue weighted by atomic mass is 15.1. The van der Waals surface area contributed by atoms with E-state index in [1.165, 1.54) is 0 Å². The van der Waals surface area contributed by atoms with Crippen molar-refractivity contribution in [2.45, 2.75) is 0 Å². The zero-order valence-corrected chi connectivity index (χ0v) is 6.41. The lowest BCUT2D eigenvalue weighted by atomic mass is 10.2. The van der Waals surface area contributed by atoms with Gasteiger partial charge in [-0.15, -0.1) is 0 Å². The van der Waals surface area contributed by atoms with Crippen LogP contribution in [0.25, 0.3) is 0 Å². The minimum Gasteiger partial charge on any atom is -0.388 e. The highest BCUT2D eigenvalue weighted by Crippen LogP contribution is 2.10. The van der Waals surface area contributed by atoms with Gasteiger partial charge in [0.2, 0.25) is 0 Å². The molecule has 0 amide bonds. The van der Waals surface area contributed by atoms with E-state index in [1.54, 1.807) is 6.21 Å². The van der Waals surface area contributed by atoms with Crippen molar-refractivity contribution in [3.05, 3.63) is 29.8 Å². The Hall–Kier alpha value is -1.51. The third-order valence-electron chi connectivity index (χ3n) is 1.44. The predicted octanol–water partition coefficient (Wildman–Crippen LogP) is 1.02. The fraction of sp³-hybridized carbons (Fsp3) is 0.125. The van der Waals surface area contributed by atoms with Crippen LogP contribution in [-0.4, -0.2) is 13.3 Å². The van der Waals surface area contributed by atoms with Gasteiger partial charge < -0.3 is 11.2 Å². The summed E-state index contributed by atoms with van der Waals surface area (Å²) in [6.45, 7) is 0. The lowest BCUT2D eigenvalue weighted by Crippen LogP contribution is -1.94. The summed E-state index contributed by atoms with van der Waals surface area (Å²) in [6, 6.07) is 7.82. The van der Waals surface area contributed by atoms with Crippen molar-refractivity contribution in [3.8, 4) is 0 Å². The first-order valence-electron chi connectivity index (χ1n) is 3.38. The molecule has 1 aromatic rings. The second-order valence-electron chi connectivity index (χ2n) is 2.12. The maximum atomic E-state index is 5.03. The Morgan fingerprint density at radius 2 is 2.18 bits per heavy atom. The van der Waals surface area contributed by atoms with Crippen LogP contribution in [0.2, 0.25) is 0 Å². The fourth-order valence-electron chi connectivity index (χ4n) is 0.918. The third kappa shape index (κ3) is 1.70. The van der Waals surface area contributed by atoms with Gasteiger partial charge in [0.05, 0.1) is 6.21 Å². The van der Waals surface area contributed by atoms with Crippen LogP contribution in [0.5, 0.6) is 0 Å². The highest BCUT2D eigenvalue weighted by Gasteiger charge is 1.93. The lowest BCUT2D eigenvalue weighted by Gasteiger charge is -2.02. The molecule has 3 heteroatoms. The van der Waals surface area contributed by atoms with E-state index in [9.17, 15) is 0 Å². The summed E-state index contributed by atoms with van der Waals surface area (Å²) < 4.78 is 0. The second-order valence-corrected chi connectivity index (χ2v) is 2.12. The maximum absolute atomic E-state index is 5.03. The maximum Gasteiger partial charge on any atom is 0.0558 e. The molecule has 0 aliphatic rings. The molecule has 1 aromatic carbocycles. The molecule has 0 bridgehead atoms. The van der Waals surface area contributed by atoms with Crippen LogP contribution in [0.15, 0.2) is 29.4 Å². The Balaban J connectivity index is 3.02. The normalized spacial score (nSPS) is 10.3. The molecular weight excluding hydrogens is 138 g/mol. The molecule has 0 atom stereocenters. The standard InChI is InChI=1S/C8H11N3/c1-10-8-5-3-2-4-7(8)6-11-9/h2-6,10H,9H2,1H3/b11-6-. The number of para-hydroxylation sites is 1.